The van der Waals surface area contributed by atoms with Crippen LogP contribution in [-0.4, -0.2) is 54.3 Å². The second-order valence-corrected chi connectivity index (χ2v) is 13.0. The first-order chi connectivity index (χ1) is 24.3. The van der Waals surface area contributed by atoms with Crippen LogP contribution >= 0.6 is 0 Å². The van der Waals surface area contributed by atoms with Crippen molar-refractivity contribution in [2.24, 2.45) is 11.3 Å². The van der Waals surface area contributed by atoms with Crippen LogP contribution in [0.3, 0.4) is 0 Å². The average molecular weight is 707 g/mol. The lowest BCUT2D eigenvalue weighted by Gasteiger charge is -2.25. The van der Waals surface area contributed by atoms with Gasteiger partial charge in [0.05, 0.1) is 18.1 Å². The number of carbonyl (C=O) groups is 4. The number of nitro groups is 1. The molecule has 0 unspecified atom stereocenters. The zero-order chi connectivity index (χ0) is 37.4. The summed E-state index contributed by atoms with van der Waals surface area (Å²) in [5.74, 6) is -4.35. The molecule has 0 aromatic heterocycles. The molecule has 3 aromatic carbocycles. The third kappa shape index (κ3) is 13.4. The second-order valence-electron chi connectivity index (χ2n) is 13.0. The molecule has 0 aliphatic carbocycles. The van der Waals surface area contributed by atoms with E-state index in [0.717, 1.165) is 0 Å². The summed E-state index contributed by atoms with van der Waals surface area (Å²) in [4.78, 5) is 64.0. The Kier molecular flexibility index (Phi) is 15.4. The fraction of sp³-hybridized carbons (Fsp3) is 0.421. The standard InChI is InChI=1S/C38H46N2O11/c1-6-14-32(33(35(42)48-23-26-15-10-8-11-16-26)36(43)49-24-27-17-12-9-13-18-27)51-31-20-19-28(22-30(31)40(45)46)21-29(34(41)47-7-2)39-37(44)50-25-38(3,4)5/h8-13,15-20,22,29,32-33H,6-7,14,21,23-25H2,1-5H3,(H,39,44)/t29-,32+/m0/s1. The third-order valence-electron chi connectivity index (χ3n) is 7.34. The Morgan fingerprint density at radius 2 is 1.33 bits per heavy atom. The Labute approximate surface area is 297 Å². The number of nitrogens with one attached hydrogen (secondary N) is 1. The number of amides is 1. The molecule has 3 aromatic rings. The highest BCUT2D eigenvalue weighted by atomic mass is 16.6. The molecule has 1 N–H and O–H groups in total. The van der Waals surface area contributed by atoms with E-state index in [2.05, 4.69) is 5.32 Å². The molecule has 1 amide bonds. The van der Waals surface area contributed by atoms with Crippen molar-refractivity contribution in [2.75, 3.05) is 13.2 Å². The summed E-state index contributed by atoms with van der Waals surface area (Å²) < 4.78 is 27.5. The number of nitrogens with zero attached hydrogens (tertiary/aromatic N) is 1. The Morgan fingerprint density at radius 3 is 1.82 bits per heavy atom. The molecular weight excluding hydrogens is 660 g/mol. The van der Waals surface area contributed by atoms with Crippen LogP contribution < -0.4 is 10.1 Å². The molecule has 0 saturated heterocycles. The molecule has 0 fully saturated rings. The molecule has 3 rings (SSSR count). The minimum Gasteiger partial charge on any atom is -0.482 e. The zero-order valence-corrected chi connectivity index (χ0v) is 29.6. The van der Waals surface area contributed by atoms with Gasteiger partial charge in [0.2, 0.25) is 0 Å². The van der Waals surface area contributed by atoms with Gasteiger partial charge in [0.25, 0.3) is 0 Å². The molecule has 2 atom stereocenters. The highest BCUT2D eigenvalue weighted by Gasteiger charge is 2.40. The smallest absolute Gasteiger partial charge is 0.407 e. The van der Waals surface area contributed by atoms with E-state index in [9.17, 15) is 29.3 Å². The topological polar surface area (TPSA) is 170 Å². The number of ether oxygens (including phenoxy) is 5. The van der Waals surface area contributed by atoms with Crippen LogP contribution in [0.2, 0.25) is 0 Å². The van der Waals surface area contributed by atoms with Gasteiger partial charge in [0.15, 0.2) is 11.7 Å². The maximum atomic E-state index is 13.6. The maximum Gasteiger partial charge on any atom is 0.407 e. The largest absolute Gasteiger partial charge is 0.482 e. The molecule has 0 radical (unpaired) electrons. The van der Waals surface area contributed by atoms with Crippen molar-refractivity contribution in [3.05, 3.63) is 106 Å². The van der Waals surface area contributed by atoms with Gasteiger partial charge in [-0.2, -0.15) is 0 Å². The van der Waals surface area contributed by atoms with Crippen molar-refractivity contribution in [2.45, 2.75) is 79.2 Å². The molecule has 51 heavy (non-hydrogen) atoms. The van der Waals surface area contributed by atoms with Gasteiger partial charge in [-0.05, 0) is 41.5 Å². The summed E-state index contributed by atoms with van der Waals surface area (Å²) in [5.41, 5.74) is 0.884. The van der Waals surface area contributed by atoms with Crippen LogP contribution in [-0.2, 0) is 53.0 Å². The van der Waals surface area contributed by atoms with E-state index in [0.29, 0.717) is 23.1 Å². The number of alkyl carbamates (subject to hydrolysis) is 1. The van der Waals surface area contributed by atoms with Crippen molar-refractivity contribution in [3.63, 3.8) is 0 Å². The Balaban J connectivity index is 1.89. The Morgan fingerprint density at radius 1 is 0.765 bits per heavy atom. The number of rotatable bonds is 18. The first kappa shape index (κ1) is 40.0. The normalized spacial score (nSPS) is 12.3. The highest BCUT2D eigenvalue weighted by Crippen LogP contribution is 2.32. The zero-order valence-electron chi connectivity index (χ0n) is 29.6. The predicted molar refractivity (Wildman–Crippen MR) is 186 cm³/mol. The van der Waals surface area contributed by atoms with Crippen LogP contribution in [0.25, 0.3) is 0 Å². The van der Waals surface area contributed by atoms with Gasteiger partial charge < -0.3 is 29.0 Å². The van der Waals surface area contributed by atoms with Gasteiger partial charge in [-0.3, -0.25) is 19.7 Å². The van der Waals surface area contributed by atoms with E-state index >= 15 is 0 Å². The van der Waals surface area contributed by atoms with E-state index in [-0.39, 0.29) is 50.4 Å². The van der Waals surface area contributed by atoms with Crippen LogP contribution in [0.1, 0.15) is 64.2 Å². The van der Waals surface area contributed by atoms with Gasteiger partial charge in [-0.1, -0.05) is 101 Å². The SMILES string of the molecule is CCC[C@@H](Oc1ccc(C[C@H](NC(=O)OCC(C)(C)C)C(=O)OCC)cc1[N+](=O)[O-])C(C(=O)OCc1ccccc1)C(=O)OCc1ccccc1. The summed E-state index contributed by atoms with van der Waals surface area (Å²) in [6.07, 6.45) is -1.61. The van der Waals surface area contributed by atoms with Gasteiger partial charge in [-0.15, -0.1) is 0 Å². The van der Waals surface area contributed by atoms with E-state index in [1.54, 1.807) is 55.5 Å². The van der Waals surface area contributed by atoms with Gasteiger partial charge in [-0.25, -0.2) is 9.59 Å². The Hall–Kier alpha value is -5.46. The highest BCUT2D eigenvalue weighted by molar-refractivity contribution is 5.95. The summed E-state index contributed by atoms with van der Waals surface area (Å²) in [7, 11) is 0. The number of carbonyl (C=O) groups excluding carboxylic acids is 4. The van der Waals surface area contributed by atoms with Crippen molar-refractivity contribution >= 4 is 29.7 Å². The van der Waals surface area contributed by atoms with Crippen LogP contribution in [0, 0.1) is 21.4 Å². The fourth-order valence-electron chi connectivity index (χ4n) is 4.85. The molecule has 0 bridgehead atoms. The number of hydrogen-bond donors (Lipinski definition) is 1. The minimum atomic E-state index is -1.58. The van der Waals surface area contributed by atoms with E-state index in [1.807, 2.05) is 39.8 Å². The van der Waals surface area contributed by atoms with E-state index in [4.69, 9.17) is 23.7 Å². The van der Waals surface area contributed by atoms with Crippen molar-refractivity contribution in [1.29, 1.82) is 0 Å². The molecule has 0 heterocycles. The van der Waals surface area contributed by atoms with E-state index < -0.39 is 52.7 Å². The summed E-state index contributed by atoms with van der Waals surface area (Å²) in [6, 6.07) is 20.6. The molecule has 13 nitrogen and oxygen atoms in total. The van der Waals surface area contributed by atoms with Gasteiger partial charge in [0, 0.05) is 12.5 Å². The number of benzene rings is 3. The quantitative estimate of drug-likeness (QED) is 0.0504. The van der Waals surface area contributed by atoms with Crippen LogP contribution in [0.4, 0.5) is 10.5 Å². The predicted octanol–water partition coefficient (Wildman–Crippen LogP) is 6.49. The number of esters is 3. The first-order valence-corrected chi connectivity index (χ1v) is 16.8. The van der Waals surface area contributed by atoms with Gasteiger partial charge >= 0.3 is 29.7 Å². The molecule has 0 aliphatic heterocycles. The Bertz CT molecular complexity index is 1550. The minimum absolute atomic E-state index is 0.0442. The summed E-state index contributed by atoms with van der Waals surface area (Å²) in [6.45, 7) is 8.95. The summed E-state index contributed by atoms with van der Waals surface area (Å²) in [5, 5.41) is 14.8. The second kappa shape index (κ2) is 19.7. The van der Waals surface area contributed by atoms with E-state index in [1.165, 1.54) is 18.2 Å². The molecular formula is C38H46N2O11. The lowest BCUT2D eigenvalue weighted by molar-refractivity contribution is -0.386. The number of nitro benzene ring substituents is 1. The first-order valence-electron chi connectivity index (χ1n) is 16.8. The van der Waals surface area contributed by atoms with Crippen LogP contribution in [0.15, 0.2) is 78.9 Å². The van der Waals surface area contributed by atoms with Crippen molar-refractivity contribution in [3.8, 4) is 5.75 Å². The molecule has 0 saturated carbocycles. The van der Waals surface area contributed by atoms with Crippen molar-refractivity contribution < 1.29 is 47.8 Å². The van der Waals surface area contributed by atoms with Crippen molar-refractivity contribution in [1.82, 2.24) is 5.32 Å². The molecule has 13 heteroatoms. The average Bonchev–Trinajstić information content (AvgIpc) is 3.10. The fourth-order valence-corrected chi connectivity index (χ4v) is 4.85. The van der Waals surface area contributed by atoms with Gasteiger partial charge in [0.1, 0.15) is 25.4 Å². The lowest BCUT2D eigenvalue weighted by Crippen LogP contribution is -2.44. The third-order valence-corrected chi connectivity index (χ3v) is 7.34. The molecule has 274 valence electrons. The molecule has 0 aliphatic rings. The maximum absolute atomic E-state index is 13.6. The lowest BCUT2D eigenvalue weighted by atomic mass is 9.98. The number of hydrogen-bond acceptors (Lipinski definition) is 11. The monoisotopic (exact) mass is 706 g/mol. The van der Waals surface area contributed by atoms with Crippen LogP contribution in [0.5, 0.6) is 5.75 Å². The molecule has 0 spiro atoms. The summed E-state index contributed by atoms with van der Waals surface area (Å²) >= 11 is 0.